The molecule has 1 N–H and O–H groups in total. The molecule has 2 heterocycles. The summed E-state index contributed by atoms with van der Waals surface area (Å²) in [5.74, 6) is -0.405. The van der Waals surface area contributed by atoms with E-state index in [2.05, 4.69) is 17.0 Å². The van der Waals surface area contributed by atoms with Crippen molar-refractivity contribution in [2.45, 2.75) is 40.2 Å². The number of rotatable bonds is 6. The Kier molecular flexibility index (Phi) is 6.77. The number of halogens is 1. The Morgan fingerprint density at radius 2 is 2.25 bits per heavy atom. The second-order valence-electron chi connectivity index (χ2n) is 5.20. The normalized spacial score (nSPS) is 12.8. The smallest absolute Gasteiger partial charge is 0.332 e. The van der Waals surface area contributed by atoms with Gasteiger partial charge >= 0.3 is 5.97 Å². The standard InChI is InChI=1S/C16H20ClN3O2S2/c1-4-6-7-20-15(17)11(10(3)19-20)8-13-12(18-16(23)24-13)9-14(21)22-5-2/h8-9H,4-7H2,1-3H3,(H,18,23)/b12-9-,13-8-. The topological polar surface area (TPSA) is 59.9 Å². The Labute approximate surface area is 154 Å². The van der Waals surface area contributed by atoms with Crippen molar-refractivity contribution in [3.63, 3.8) is 0 Å². The highest BCUT2D eigenvalue weighted by molar-refractivity contribution is 7.73. The largest absolute Gasteiger partial charge is 0.463 e. The highest BCUT2D eigenvalue weighted by atomic mass is 35.5. The number of unbranched alkanes of at least 4 members (excludes halogenated alkanes) is 1. The van der Waals surface area contributed by atoms with Gasteiger partial charge in [0.05, 0.1) is 22.2 Å². The van der Waals surface area contributed by atoms with Gasteiger partial charge in [-0.1, -0.05) is 24.9 Å². The van der Waals surface area contributed by atoms with E-state index in [4.69, 9.17) is 28.6 Å². The summed E-state index contributed by atoms with van der Waals surface area (Å²) in [6, 6.07) is 0. The Hall–Kier alpha value is -1.44. The lowest BCUT2D eigenvalue weighted by Crippen LogP contribution is -2.23. The molecule has 8 heteroatoms. The lowest BCUT2D eigenvalue weighted by molar-refractivity contribution is -0.135. The van der Waals surface area contributed by atoms with Crippen molar-refractivity contribution in [2.24, 2.45) is 0 Å². The van der Waals surface area contributed by atoms with Gasteiger partial charge in [0, 0.05) is 18.2 Å². The van der Waals surface area contributed by atoms with Crippen LogP contribution in [0.5, 0.6) is 0 Å². The molecule has 0 unspecified atom stereocenters. The first-order valence-electron chi connectivity index (χ1n) is 7.78. The van der Waals surface area contributed by atoms with E-state index in [-0.39, 0.29) is 0 Å². The molecule has 0 aromatic carbocycles. The highest BCUT2D eigenvalue weighted by Gasteiger charge is 2.11. The van der Waals surface area contributed by atoms with Gasteiger partial charge in [-0.3, -0.25) is 4.68 Å². The molecule has 0 aliphatic rings. The molecule has 24 heavy (non-hydrogen) atoms. The van der Waals surface area contributed by atoms with Crippen molar-refractivity contribution < 1.29 is 9.53 Å². The molecular weight excluding hydrogens is 366 g/mol. The summed E-state index contributed by atoms with van der Waals surface area (Å²) in [6.07, 6.45) is 5.42. The van der Waals surface area contributed by atoms with Gasteiger partial charge < -0.3 is 9.72 Å². The number of nitrogens with one attached hydrogen (secondary N) is 1. The summed E-state index contributed by atoms with van der Waals surface area (Å²) in [5.41, 5.74) is 1.69. The van der Waals surface area contributed by atoms with Gasteiger partial charge in [0.1, 0.15) is 5.15 Å². The SMILES string of the molecule is CCCCn1nc(C)c(/C=c2\sc(=S)[nH]\c2=C/C(=O)OCC)c1Cl. The summed E-state index contributed by atoms with van der Waals surface area (Å²) < 4.78 is 8.18. The zero-order valence-corrected chi connectivity index (χ0v) is 16.3. The average Bonchev–Trinajstić information content (AvgIpc) is 2.99. The quantitative estimate of drug-likeness (QED) is 0.613. The number of thiazole rings is 1. The number of aromatic amines is 1. The maximum Gasteiger partial charge on any atom is 0.332 e. The summed E-state index contributed by atoms with van der Waals surface area (Å²) in [7, 11) is 0. The van der Waals surface area contributed by atoms with Crippen molar-refractivity contribution >= 4 is 53.3 Å². The van der Waals surface area contributed by atoms with Crippen LogP contribution >= 0.6 is 35.2 Å². The number of ether oxygens (including phenoxy) is 1. The first-order chi connectivity index (χ1) is 11.5. The summed E-state index contributed by atoms with van der Waals surface area (Å²) in [5, 5.41) is 5.72. The van der Waals surface area contributed by atoms with Crippen LogP contribution in [0.1, 0.15) is 37.9 Å². The number of aryl methyl sites for hydroxylation is 2. The minimum Gasteiger partial charge on any atom is -0.463 e. The Bertz CT molecular complexity index is 896. The minimum atomic E-state index is -0.405. The van der Waals surface area contributed by atoms with Gasteiger partial charge in [0.15, 0.2) is 3.95 Å². The monoisotopic (exact) mass is 385 g/mol. The van der Waals surface area contributed by atoms with Gasteiger partial charge in [0.2, 0.25) is 0 Å². The predicted molar refractivity (Wildman–Crippen MR) is 100 cm³/mol. The number of esters is 1. The van der Waals surface area contributed by atoms with Crippen LogP contribution in [-0.2, 0) is 16.1 Å². The number of aromatic nitrogens is 3. The summed E-state index contributed by atoms with van der Waals surface area (Å²) in [6.45, 7) is 6.92. The van der Waals surface area contributed by atoms with E-state index in [0.29, 0.717) is 21.1 Å². The number of H-pyrrole nitrogens is 1. The second-order valence-corrected chi connectivity index (χ2v) is 7.28. The first kappa shape index (κ1) is 18.9. The third-order valence-electron chi connectivity index (χ3n) is 3.36. The molecule has 0 spiro atoms. The van der Waals surface area contributed by atoms with E-state index >= 15 is 0 Å². The van der Waals surface area contributed by atoms with Gasteiger partial charge in [-0.25, -0.2) is 4.79 Å². The molecule has 2 aromatic rings. The van der Waals surface area contributed by atoms with Crippen LogP contribution < -0.4 is 9.88 Å². The van der Waals surface area contributed by atoms with E-state index in [1.165, 1.54) is 17.4 Å². The number of hydrogen-bond acceptors (Lipinski definition) is 5. The lowest BCUT2D eigenvalue weighted by Gasteiger charge is -2.00. The van der Waals surface area contributed by atoms with E-state index in [1.54, 1.807) is 6.92 Å². The fourth-order valence-corrected chi connectivity index (χ4v) is 3.64. The highest BCUT2D eigenvalue weighted by Crippen LogP contribution is 2.20. The second kappa shape index (κ2) is 8.60. The number of nitrogens with zero attached hydrogens (tertiary/aromatic N) is 2. The van der Waals surface area contributed by atoms with Gasteiger partial charge in [-0.2, -0.15) is 5.10 Å². The van der Waals surface area contributed by atoms with Crippen molar-refractivity contribution in [1.82, 2.24) is 14.8 Å². The Morgan fingerprint density at radius 3 is 2.92 bits per heavy atom. The molecule has 0 fully saturated rings. The third kappa shape index (κ3) is 4.55. The predicted octanol–water partition coefficient (Wildman–Crippen LogP) is 2.94. The molecule has 2 aromatic heterocycles. The van der Waals surface area contributed by atoms with Gasteiger partial charge in [-0.05, 0) is 38.6 Å². The number of hydrogen-bond donors (Lipinski definition) is 1. The molecule has 0 atom stereocenters. The fourth-order valence-electron chi connectivity index (χ4n) is 2.19. The van der Waals surface area contributed by atoms with Crippen molar-refractivity contribution in [2.75, 3.05) is 6.61 Å². The molecule has 0 saturated heterocycles. The lowest BCUT2D eigenvalue weighted by atomic mass is 10.2. The Morgan fingerprint density at radius 1 is 1.50 bits per heavy atom. The molecule has 0 amide bonds. The van der Waals surface area contributed by atoms with E-state index in [0.717, 1.165) is 35.2 Å². The van der Waals surface area contributed by atoms with Crippen LogP contribution in [0.3, 0.4) is 0 Å². The molecule has 2 rings (SSSR count). The molecule has 5 nitrogen and oxygen atoms in total. The zero-order valence-electron chi connectivity index (χ0n) is 13.9. The van der Waals surface area contributed by atoms with Crippen LogP contribution in [0.25, 0.3) is 12.2 Å². The molecular formula is C16H20ClN3O2S2. The fraction of sp³-hybridized carbons (Fsp3) is 0.438. The molecule has 0 saturated carbocycles. The number of carbonyl (C=O) groups excluding carboxylic acids is 1. The van der Waals surface area contributed by atoms with Crippen molar-refractivity contribution in [3.05, 3.63) is 30.2 Å². The number of carbonyl (C=O) groups is 1. The summed E-state index contributed by atoms with van der Waals surface area (Å²) >= 11 is 13.0. The van der Waals surface area contributed by atoms with Gasteiger partial charge in [0.25, 0.3) is 0 Å². The van der Waals surface area contributed by atoms with E-state index in [1.807, 2.05) is 17.7 Å². The van der Waals surface area contributed by atoms with E-state index < -0.39 is 5.97 Å². The molecule has 0 bridgehead atoms. The third-order valence-corrected chi connectivity index (χ3v) is 4.96. The van der Waals surface area contributed by atoms with Crippen molar-refractivity contribution in [1.29, 1.82) is 0 Å². The van der Waals surface area contributed by atoms with E-state index in [9.17, 15) is 4.79 Å². The van der Waals surface area contributed by atoms with Crippen LogP contribution in [0.4, 0.5) is 0 Å². The van der Waals surface area contributed by atoms with Crippen molar-refractivity contribution in [3.8, 4) is 0 Å². The average molecular weight is 386 g/mol. The van der Waals surface area contributed by atoms with Gasteiger partial charge in [-0.15, -0.1) is 11.3 Å². The maximum atomic E-state index is 11.7. The zero-order chi connectivity index (χ0) is 17.7. The maximum absolute atomic E-state index is 11.7. The first-order valence-corrected chi connectivity index (χ1v) is 9.38. The van der Waals surface area contributed by atoms with Crippen LogP contribution in [0, 0.1) is 10.9 Å². The molecule has 0 aliphatic heterocycles. The van der Waals surface area contributed by atoms with Crippen LogP contribution in [0.15, 0.2) is 0 Å². The summed E-state index contributed by atoms with van der Waals surface area (Å²) in [4.78, 5) is 14.7. The Balaban J connectivity index is 2.52. The molecule has 0 aliphatic carbocycles. The molecule has 0 radical (unpaired) electrons. The van der Waals surface area contributed by atoms with Crippen LogP contribution in [-0.4, -0.2) is 27.3 Å². The van der Waals surface area contributed by atoms with Crippen LogP contribution in [0.2, 0.25) is 5.15 Å². The minimum absolute atomic E-state index is 0.328. The molecule has 130 valence electrons.